The summed E-state index contributed by atoms with van der Waals surface area (Å²) in [5.74, 6) is -0.848. The second-order valence-electron chi connectivity index (χ2n) is 6.92. The van der Waals surface area contributed by atoms with E-state index in [1.54, 1.807) is 36.3 Å². The van der Waals surface area contributed by atoms with Crippen LogP contribution in [0.25, 0.3) is 11.8 Å². The molecule has 6 heteroatoms. The number of ether oxygens (including phenoxy) is 1. The minimum atomic E-state index is -1.00. The van der Waals surface area contributed by atoms with Crippen molar-refractivity contribution in [2.75, 3.05) is 7.11 Å². The molecule has 0 saturated carbocycles. The molecular formula is C25H21N3O3. The maximum absolute atomic E-state index is 12.1. The largest absolute Gasteiger partial charge is 0.497 e. The van der Waals surface area contributed by atoms with Crippen LogP contribution in [0, 0.1) is 0 Å². The summed E-state index contributed by atoms with van der Waals surface area (Å²) in [6.07, 6.45) is 5.08. The van der Waals surface area contributed by atoms with E-state index in [9.17, 15) is 9.90 Å². The van der Waals surface area contributed by atoms with Gasteiger partial charge < -0.3 is 9.84 Å². The van der Waals surface area contributed by atoms with Gasteiger partial charge in [0.1, 0.15) is 18.4 Å². The zero-order chi connectivity index (χ0) is 21.6. The third-order valence-electron chi connectivity index (χ3n) is 5.03. The van der Waals surface area contributed by atoms with E-state index < -0.39 is 11.9 Å². The highest BCUT2D eigenvalue weighted by Gasteiger charge is 2.27. The first-order valence-corrected chi connectivity index (χ1v) is 9.75. The zero-order valence-electron chi connectivity index (χ0n) is 16.9. The molecule has 0 fully saturated rings. The predicted octanol–water partition coefficient (Wildman–Crippen LogP) is 4.82. The zero-order valence-corrected chi connectivity index (χ0v) is 16.9. The fourth-order valence-electron chi connectivity index (χ4n) is 3.60. The lowest BCUT2D eigenvalue weighted by atomic mass is 9.84. The van der Waals surface area contributed by atoms with Crippen molar-refractivity contribution < 1.29 is 14.6 Å². The van der Waals surface area contributed by atoms with Crippen LogP contribution in [0.4, 0.5) is 0 Å². The molecule has 6 nitrogen and oxygen atoms in total. The Morgan fingerprint density at radius 2 is 1.74 bits per heavy atom. The topological polar surface area (TPSA) is 77.2 Å². The predicted molar refractivity (Wildman–Crippen MR) is 119 cm³/mol. The summed E-state index contributed by atoms with van der Waals surface area (Å²) in [7, 11) is 1.56. The molecule has 1 atom stereocenters. The molecule has 0 spiro atoms. The van der Waals surface area contributed by atoms with Gasteiger partial charge in [-0.2, -0.15) is 5.10 Å². The first kappa shape index (κ1) is 20.1. The number of rotatable bonds is 7. The fraction of sp³-hybridized carbons (Fsp3) is 0.0800. The average Bonchev–Trinajstić information content (AvgIpc) is 3.34. The van der Waals surface area contributed by atoms with Crippen molar-refractivity contribution in [2.45, 2.75) is 5.92 Å². The summed E-state index contributed by atoms with van der Waals surface area (Å²) in [4.78, 5) is 16.2. The van der Waals surface area contributed by atoms with Crippen LogP contribution in [-0.4, -0.2) is 33.0 Å². The number of carboxylic acid groups (broad SMARTS) is 1. The van der Waals surface area contributed by atoms with Gasteiger partial charge in [-0.25, -0.2) is 14.5 Å². The van der Waals surface area contributed by atoms with E-state index >= 15 is 0 Å². The lowest BCUT2D eigenvalue weighted by Gasteiger charge is -2.24. The van der Waals surface area contributed by atoms with Crippen LogP contribution < -0.4 is 4.74 Å². The molecule has 0 aliphatic rings. The molecule has 154 valence electrons. The van der Waals surface area contributed by atoms with Gasteiger partial charge in [-0.1, -0.05) is 60.7 Å². The molecule has 31 heavy (non-hydrogen) atoms. The Balaban J connectivity index is 2.01. The average molecular weight is 411 g/mol. The molecule has 1 N–H and O–H groups in total. The van der Waals surface area contributed by atoms with Gasteiger partial charge in [-0.3, -0.25) is 0 Å². The maximum atomic E-state index is 12.1. The number of hydrogen-bond donors (Lipinski definition) is 1. The van der Waals surface area contributed by atoms with Gasteiger partial charge in [0, 0.05) is 0 Å². The number of carboxylic acids is 1. The van der Waals surface area contributed by atoms with Crippen molar-refractivity contribution in [3.8, 4) is 5.75 Å². The molecule has 1 unspecified atom stereocenters. The summed E-state index contributed by atoms with van der Waals surface area (Å²) in [5.41, 5.74) is 3.47. The molecule has 1 aromatic heterocycles. The first-order chi connectivity index (χ1) is 15.2. The van der Waals surface area contributed by atoms with Crippen LogP contribution in [0.5, 0.6) is 5.75 Å². The second-order valence-corrected chi connectivity index (χ2v) is 6.92. The van der Waals surface area contributed by atoms with Crippen LogP contribution in [0.2, 0.25) is 0 Å². The molecule has 0 aliphatic carbocycles. The van der Waals surface area contributed by atoms with Crippen molar-refractivity contribution in [2.24, 2.45) is 0 Å². The number of carbonyl (C=O) groups is 1. The van der Waals surface area contributed by atoms with Gasteiger partial charge in [0.25, 0.3) is 0 Å². The number of aromatic carboxylic acids is 1. The molecule has 0 aliphatic heterocycles. The van der Waals surface area contributed by atoms with Gasteiger partial charge >= 0.3 is 5.97 Å². The normalized spacial score (nSPS) is 12.4. The number of aromatic nitrogens is 3. The second kappa shape index (κ2) is 9.09. The molecule has 4 rings (SSSR count). The Hall–Kier alpha value is -4.19. The molecule has 0 amide bonds. The Labute approximate surface area is 180 Å². The van der Waals surface area contributed by atoms with Gasteiger partial charge in [0.05, 0.1) is 24.3 Å². The molecule has 0 radical (unpaired) electrons. The van der Waals surface area contributed by atoms with Crippen LogP contribution >= 0.6 is 0 Å². The number of methoxy groups -OCH3 is 1. The highest BCUT2D eigenvalue weighted by atomic mass is 16.5. The molecule has 3 aromatic carbocycles. The van der Waals surface area contributed by atoms with E-state index in [1.807, 2.05) is 66.7 Å². The third-order valence-corrected chi connectivity index (χ3v) is 5.03. The van der Waals surface area contributed by atoms with Crippen molar-refractivity contribution in [1.82, 2.24) is 14.8 Å². The summed E-state index contributed by atoms with van der Waals surface area (Å²) in [5, 5.41) is 14.3. The Morgan fingerprint density at radius 3 is 2.35 bits per heavy atom. The summed E-state index contributed by atoms with van der Waals surface area (Å²) in [6, 6.07) is 24.6. The first-order valence-electron chi connectivity index (χ1n) is 9.75. The molecule has 0 bridgehead atoms. The van der Waals surface area contributed by atoms with Crippen molar-refractivity contribution in [1.29, 1.82) is 0 Å². The van der Waals surface area contributed by atoms with Crippen LogP contribution in [0.15, 0.2) is 91.5 Å². The van der Waals surface area contributed by atoms with Crippen LogP contribution in [0.1, 0.15) is 33.0 Å². The summed E-state index contributed by atoms with van der Waals surface area (Å²) < 4.78 is 7.09. The molecule has 0 saturated heterocycles. The van der Waals surface area contributed by atoms with Crippen molar-refractivity contribution in [3.05, 3.63) is 114 Å². The van der Waals surface area contributed by atoms with Gasteiger partial charge in [-0.15, -0.1) is 0 Å². The quantitative estimate of drug-likeness (QED) is 0.472. The number of benzene rings is 3. The highest BCUT2D eigenvalue weighted by molar-refractivity contribution is 5.92. The standard InChI is InChI=1S/C25H21N3O3/c1-31-20-12-13-21(25(29)30)22(15-20)24(19-10-6-3-7-11-19)23(28-17-26-16-27-28)14-18-8-4-2-5-9-18/h2-17,24H,1H3,(H,29,30)/b23-14+. The number of hydrogen-bond acceptors (Lipinski definition) is 4. The van der Waals surface area contributed by atoms with E-state index in [-0.39, 0.29) is 5.56 Å². The van der Waals surface area contributed by atoms with Gasteiger partial charge in [0.15, 0.2) is 0 Å². The summed E-state index contributed by atoms with van der Waals surface area (Å²) in [6.45, 7) is 0. The molecule has 1 heterocycles. The minimum absolute atomic E-state index is 0.203. The SMILES string of the molecule is COc1ccc(C(=O)O)c(C(/C(=C\c2ccccc2)n2cncn2)c2ccccc2)c1. The Morgan fingerprint density at radius 1 is 1.03 bits per heavy atom. The fourth-order valence-corrected chi connectivity index (χ4v) is 3.60. The van der Waals surface area contributed by atoms with Crippen molar-refractivity contribution in [3.63, 3.8) is 0 Å². The minimum Gasteiger partial charge on any atom is -0.497 e. The number of nitrogens with zero attached hydrogens (tertiary/aromatic N) is 3. The van der Waals surface area contributed by atoms with Crippen molar-refractivity contribution >= 4 is 17.7 Å². The Bertz CT molecular complexity index is 1190. The van der Waals surface area contributed by atoms with E-state index in [4.69, 9.17) is 4.74 Å². The monoisotopic (exact) mass is 411 g/mol. The summed E-state index contributed by atoms with van der Waals surface area (Å²) >= 11 is 0. The third kappa shape index (κ3) is 4.38. The van der Waals surface area contributed by atoms with E-state index in [0.717, 1.165) is 16.8 Å². The smallest absolute Gasteiger partial charge is 0.336 e. The lowest BCUT2D eigenvalue weighted by Crippen LogP contribution is -2.14. The molecule has 4 aromatic rings. The van der Waals surface area contributed by atoms with Gasteiger partial charge in [-0.05, 0) is 41.0 Å². The Kier molecular flexibility index (Phi) is 5.89. The van der Waals surface area contributed by atoms with E-state index in [0.29, 0.717) is 11.3 Å². The lowest BCUT2D eigenvalue weighted by molar-refractivity contribution is 0.0695. The van der Waals surface area contributed by atoms with Crippen LogP contribution in [-0.2, 0) is 0 Å². The van der Waals surface area contributed by atoms with Crippen LogP contribution in [0.3, 0.4) is 0 Å². The van der Waals surface area contributed by atoms with Gasteiger partial charge in [0.2, 0.25) is 0 Å². The van der Waals surface area contributed by atoms with E-state index in [1.165, 1.54) is 6.33 Å². The highest BCUT2D eigenvalue weighted by Crippen LogP contribution is 2.38. The molecular weight excluding hydrogens is 390 g/mol. The maximum Gasteiger partial charge on any atom is 0.336 e. The van der Waals surface area contributed by atoms with E-state index in [2.05, 4.69) is 10.1 Å². The number of allylic oxidation sites excluding steroid dienone is 1.